The van der Waals surface area contributed by atoms with Crippen LogP contribution in [0.15, 0.2) is 70.6 Å². The van der Waals surface area contributed by atoms with Gasteiger partial charge in [0.2, 0.25) is 10.0 Å². The Morgan fingerprint density at radius 2 is 1.47 bits per heavy atom. The summed E-state index contributed by atoms with van der Waals surface area (Å²) in [4.78, 5) is 19.6. The van der Waals surface area contributed by atoms with Crippen LogP contribution in [-0.4, -0.2) is 32.8 Å². The molecule has 2 aromatic carbocycles. The monoisotopic (exact) mass is 567 g/mol. The maximum Gasteiger partial charge on any atom is 1.00 e. The summed E-state index contributed by atoms with van der Waals surface area (Å²) in [7, 11) is -8.12. The van der Waals surface area contributed by atoms with Gasteiger partial charge in [0, 0.05) is 11.6 Å². The van der Waals surface area contributed by atoms with E-state index in [1.54, 1.807) is 25.1 Å². The van der Waals surface area contributed by atoms with Crippen LogP contribution < -0.4 is 10.0 Å². The molecule has 0 fully saturated rings. The zero-order valence-corrected chi connectivity index (χ0v) is 19.9. The Morgan fingerprint density at radius 3 is 2.06 bits per heavy atom. The maximum atomic E-state index is 12.4. The van der Waals surface area contributed by atoms with Gasteiger partial charge in [-0.1, -0.05) is 23.8 Å². The van der Waals surface area contributed by atoms with Gasteiger partial charge >= 0.3 is 28.4 Å². The van der Waals surface area contributed by atoms with Crippen LogP contribution in [0.25, 0.3) is 4.72 Å². The van der Waals surface area contributed by atoms with E-state index in [1.165, 1.54) is 42.6 Å². The molecule has 0 saturated heterocycles. The largest absolute Gasteiger partial charge is 1.00 e. The molecule has 0 aliphatic rings. The molecule has 172 valence electrons. The van der Waals surface area contributed by atoms with E-state index >= 15 is 0 Å². The van der Waals surface area contributed by atoms with Gasteiger partial charge in [0.05, 0.1) is 9.79 Å². The van der Waals surface area contributed by atoms with Crippen molar-refractivity contribution in [3.63, 3.8) is 0 Å². The van der Waals surface area contributed by atoms with Crippen LogP contribution in [0.5, 0.6) is 0 Å². The van der Waals surface area contributed by atoms with Crippen molar-refractivity contribution in [1.29, 1.82) is 0 Å². The quantitative estimate of drug-likeness (QED) is 0.434. The molecular formula is C19H18AgN5O5S2. The molecule has 0 spiro atoms. The third kappa shape index (κ3) is 6.61. The molecule has 1 heterocycles. The summed E-state index contributed by atoms with van der Waals surface area (Å²) in [6.07, 6.45) is 1.40. The Kier molecular flexibility index (Phi) is 8.15. The van der Waals surface area contributed by atoms with Crippen LogP contribution in [-0.2, 0) is 42.4 Å². The minimum Gasteiger partial charge on any atom is -0.366 e. The molecule has 3 aromatic rings. The molecule has 0 saturated carbocycles. The van der Waals surface area contributed by atoms with E-state index in [-0.39, 0.29) is 43.8 Å². The summed E-state index contributed by atoms with van der Waals surface area (Å²) in [5.41, 5.74) is 1.62. The van der Waals surface area contributed by atoms with Gasteiger partial charge < -0.3 is 15.3 Å². The molecule has 0 unspecified atom stereocenters. The number of rotatable bonds is 6. The second-order valence-corrected chi connectivity index (χ2v) is 9.75. The van der Waals surface area contributed by atoms with Gasteiger partial charge in [-0.15, -0.1) is 0 Å². The normalized spacial score (nSPS) is 11.2. The summed E-state index contributed by atoms with van der Waals surface area (Å²) in [6, 6.07) is 11.6. The average molecular weight is 568 g/mol. The van der Waals surface area contributed by atoms with Crippen molar-refractivity contribution in [3.05, 3.63) is 76.8 Å². The number of aryl methyl sites for hydroxylation is 2. The first-order valence-electron chi connectivity index (χ1n) is 8.83. The van der Waals surface area contributed by atoms with Gasteiger partial charge in [-0.3, -0.25) is 4.72 Å². The fourth-order valence-corrected chi connectivity index (χ4v) is 4.20. The molecule has 13 heteroatoms. The summed E-state index contributed by atoms with van der Waals surface area (Å²) in [5, 5.41) is 2.34. The number of nitrogens with zero attached hydrogens (tertiary/aromatic N) is 3. The van der Waals surface area contributed by atoms with Gasteiger partial charge in [-0.05, 0) is 62.1 Å². The molecular weight excluding hydrogens is 550 g/mol. The van der Waals surface area contributed by atoms with Crippen LogP contribution >= 0.6 is 0 Å². The second-order valence-electron chi connectivity index (χ2n) is 6.46. The molecule has 2 amide bonds. The zero-order chi connectivity index (χ0) is 22.6. The smallest absolute Gasteiger partial charge is 0.366 e. The first-order valence-corrected chi connectivity index (χ1v) is 11.8. The molecule has 1 aromatic heterocycles. The van der Waals surface area contributed by atoms with Gasteiger partial charge in [-0.25, -0.2) is 26.4 Å². The molecule has 0 aliphatic carbocycles. The predicted molar refractivity (Wildman–Crippen MR) is 114 cm³/mol. The fraction of sp³-hybridized carbons (Fsp3) is 0.105. The Balaban J connectivity index is 0.00000363. The Labute approximate surface area is 201 Å². The molecule has 0 atom stereocenters. The Morgan fingerprint density at radius 1 is 0.875 bits per heavy atom. The van der Waals surface area contributed by atoms with Crippen LogP contribution in [0, 0.1) is 13.8 Å². The summed E-state index contributed by atoms with van der Waals surface area (Å²) < 4.78 is 54.7. The SMILES string of the molecule is Cc1ccc(S(=O)(=O)NC(=O)Nc2ccc(S(=O)(=O)[N-]c3nccc(C)n3)cc2)cc1.[Ag+]. The Hall–Kier alpha value is -2.77. The summed E-state index contributed by atoms with van der Waals surface area (Å²) in [5.74, 6) is -0.192. The van der Waals surface area contributed by atoms with E-state index in [9.17, 15) is 21.6 Å². The van der Waals surface area contributed by atoms with E-state index in [0.717, 1.165) is 5.56 Å². The van der Waals surface area contributed by atoms with Crippen molar-refractivity contribution < 1.29 is 44.0 Å². The van der Waals surface area contributed by atoms with Crippen LogP contribution in [0.2, 0.25) is 0 Å². The average Bonchev–Trinajstić information content (AvgIpc) is 2.68. The Bertz CT molecular complexity index is 1310. The number of carbonyl (C=O) groups excluding carboxylic acids is 1. The predicted octanol–water partition coefficient (Wildman–Crippen LogP) is 3.00. The third-order valence-corrected chi connectivity index (χ3v) is 6.57. The first-order chi connectivity index (χ1) is 14.5. The second kappa shape index (κ2) is 10.2. The molecule has 0 radical (unpaired) electrons. The van der Waals surface area contributed by atoms with Crippen molar-refractivity contribution in [3.8, 4) is 0 Å². The fourth-order valence-electron chi connectivity index (χ4n) is 2.41. The van der Waals surface area contributed by atoms with E-state index < -0.39 is 26.1 Å². The van der Waals surface area contributed by atoms with Crippen molar-refractivity contribution in [2.24, 2.45) is 0 Å². The molecule has 3 rings (SSSR count). The maximum absolute atomic E-state index is 12.4. The number of aromatic nitrogens is 2. The summed E-state index contributed by atoms with van der Waals surface area (Å²) in [6.45, 7) is 3.49. The number of anilines is 1. The number of amides is 2. The molecule has 32 heavy (non-hydrogen) atoms. The number of benzene rings is 2. The minimum absolute atomic E-state index is 0. The molecule has 0 aliphatic heterocycles. The van der Waals surface area contributed by atoms with E-state index in [2.05, 4.69) is 20.0 Å². The van der Waals surface area contributed by atoms with Gasteiger partial charge in [0.1, 0.15) is 0 Å². The number of hydrogen-bond acceptors (Lipinski definition) is 7. The van der Waals surface area contributed by atoms with Crippen LogP contribution in [0.4, 0.5) is 16.4 Å². The molecule has 10 nitrogen and oxygen atoms in total. The summed E-state index contributed by atoms with van der Waals surface area (Å²) >= 11 is 0. The van der Waals surface area contributed by atoms with Crippen LogP contribution in [0.1, 0.15) is 11.3 Å². The van der Waals surface area contributed by atoms with Crippen molar-refractivity contribution in [2.75, 3.05) is 5.32 Å². The van der Waals surface area contributed by atoms with E-state index in [4.69, 9.17) is 0 Å². The molecule has 2 N–H and O–H groups in total. The third-order valence-electron chi connectivity index (χ3n) is 3.95. The van der Waals surface area contributed by atoms with E-state index in [0.29, 0.717) is 5.69 Å². The number of hydrogen-bond donors (Lipinski definition) is 2. The van der Waals surface area contributed by atoms with Gasteiger partial charge in [0.25, 0.3) is 10.0 Å². The van der Waals surface area contributed by atoms with Crippen molar-refractivity contribution in [2.45, 2.75) is 23.6 Å². The first kappa shape index (κ1) is 25.5. The van der Waals surface area contributed by atoms with Crippen molar-refractivity contribution >= 4 is 37.7 Å². The topological polar surface area (TPSA) is 149 Å². The van der Waals surface area contributed by atoms with E-state index in [1.807, 2.05) is 11.6 Å². The standard InChI is InChI=1S/C19H19N5O5S2.Ag/c1-13-3-7-16(8-4-13)31(28,29)24-19(25)22-15-5-9-17(10-6-15)30(26,27)23-18-20-12-11-14(2)21-18;/h3-12H,1-2H3,(H3,20,21,22,23,24,25);/q;+1/p-1. The number of carbonyl (C=O) groups is 1. The van der Waals surface area contributed by atoms with Crippen LogP contribution in [0.3, 0.4) is 0 Å². The number of urea groups is 1. The van der Waals surface area contributed by atoms with Gasteiger partial charge in [0.15, 0.2) is 0 Å². The minimum atomic E-state index is -4.07. The molecule has 0 bridgehead atoms. The number of sulfonamides is 2. The zero-order valence-electron chi connectivity index (χ0n) is 16.8. The van der Waals surface area contributed by atoms with Gasteiger partial charge in [-0.2, -0.15) is 0 Å². The number of nitrogens with one attached hydrogen (secondary N) is 2. The van der Waals surface area contributed by atoms with Crippen molar-refractivity contribution in [1.82, 2.24) is 14.7 Å².